The van der Waals surface area contributed by atoms with E-state index >= 15 is 0 Å². The number of hydrogen-bond acceptors (Lipinski definition) is 18. The number of amides is 8. The van der Waals surface area contributed by atoms with Crippen LogP contribution in [0.5, 0.6) is 0 Å². The number of halogens is 8. The fraction of sp³-hybridized carbons (Fsp3) is 0.600. The fourth-order valence-electron chi connectivity index (χ4n) is 16.7. The summed E-state index contributed by atoms with van der Waals surface area (Å²) in [5, 5.41) is 5.35. The number of nitrogens with one attached hydrogen (secondary N) is 2. The molecule has 624 valence electrons. The van der Waals surface area contributed by atoms with E-state index in [0.717, 1.165) is 73.7 Å². The Morgan fingerprint density at radius 3 is 1.24 bits per heavy atom. The zero-order valence-electron chi connectivity index (χ0n) is 65.2. The average Bonchev–Trinajstić information content (AvgIpc) is 1.10. The number of anilines is 4. The molecule has 0 saturated carbocycles. The maximum atomic E-state index is 14.2. The van der Waals surface area contributed by atoms with Gasteiger partial charge < -0.3 is 70.4 Å². The number of piperazine rings is 2. The number of rotatable bonds is 20. The Morgan fingerprint density at radius 1 is 0.509 bits per heavy atom. The highest BCUT2D eigenvalue weighted by Gasteiger charge is 2.45. The van der Waals surface area contributed by atoms with Gasteiger partial charge in [-0.3, -0.25) is 38.8 Å². The molecule has 34 heteroatoms. The van der Waals surface area contributed by atoms with E-state index in [1.807, 2.05) is 55.5 Å². The van der Waals surface area contributed by atoms with Crippen molar-refractivity contribution < 1.29 is 83.6 Å². The molecule has 114 heavy (non-hydrogen) atoms. The van der Waals surface area contributed by atoms with Gasteiger partial charge in [0.25, 0.3) is 11.8 Å². The summed E-state index contributed by atoms with van der Waals surface area (Å²) in [6.45, 7) is 18.8. The molecule has 4 aromatic carbocycles. The largest absolute Gasteiger partial charge is 0.465 e. The molecule has 0 aliphatic carbocycles. The monoisotopic (exact) mass is 1640 g/mol. The van der Waals surface area contributed by atoms with E-state index in [0.29, 0.717) is 143 Å². The van der Waals surface area contributed by atoms with Gasteiger partial charge in [-0.1, -0.05) is 72.9 Å². The number of alkyl halides is 6. The number of hydrogen-bond donors (Lipinski definition) is 4. The van der Waals surface area contributed by atoms with Crippen LogP contribution in [0.1, 0.15) is 125 Å². The van der Waals surface area contributed by atoms with Crippen LogP contribution >= 0.6 is 23.2 Å². The van der Waals surface area contributed by atoms with Crippen molar-refractivity contribution in [2.24, 2.45) is 0 Å². The maximum absolute atomic E-state index is 14.2. The number of esters is 2. The summed E-state index contributed by atoms with van der Waals surface area (Å²) >= 11 is 12.3. The number of unbranched alkanes of at least 4 members (excludes halogenated alkanes) is 1. The van der Waals surface area contributed by atoms with Gasteiger partial charge in [0.05, 0.1) is 58.9 Å². The van der Waals surface area contributed by atoms with E-state index < -0.39 is 71.1 Å². The van der Waals surface area contributed by atoms with E-state index in [1.54, 1.807) is 26.5 Å². The molecule has 0 aromatic heterocycles. The zero-order chi connectivity index (χ0) is 81.8. The summed E-state index contributed by atoms with van der Waals surface area (Å²) in [5.41, 5.74) is 11.2. The molecular formula is C80H106Cl2F6N14O12. The fourth-order valence-corrected chi connectivity index (χ4v) is 17.2. The Kier molecular flexibility index (Phi) is 28.8. The summed E-state index contributed by atoms with van der Waals surface area (Å²) in [6, 6.07) is 18.9. The van der Waals surface area contributed by atoms with Crippen molar-refractivity contribution in [2.45, 2.75) is 165 Å². The number of nitrogens with two attached hydrogens (primary N) is 2. The maximum Gasteiger partial charge on any atom is 0.418 e. The standard InChI is InChI=1S/C41H55ClF3N7O6.C39H51ClF3N7O6/c1-3-4-23-57-35(53)27-48-19-21-51(22-20-48)40(2)12-17-49(18-13-40)37(54)34(26-28-24-31(41(43,44)45)36(46)32(42)25-28)58-39(56)50-14-10-30(11-15-50)52-16-9-29-7-5-6-8-33(29)47-38(52)55;1-3-55-33(51)25-46-18-20-49(21-19-46)38(2)11-16-47(17-12-38)35(52)32(24-26-22-29(39(41,42)43)34(44)30(40)23-26)56-37(54)48-13-9-28(10-14-48)50-15-8-27-6-4-5-7-31(27)45-36(50)53/h5-8,24-25,30,34H,3-4,9-23,26-27,46H2,1-2H3,(H,47,55);4-7,22-23,28,32H,3,8-21,24-25,44H2,1-2H3,(H,45,53)/t34-;32-/m11/s1. The normalized spacial score (nSPS) is 20.3. The molecule has 0 unspecified atom stereocenters. The van der Waals surface area contributed by atoms with Crippen LogP contribution in [0.25, 0.3) is 0 Å². The molecule has 0 spiro atoms. The number of piperidine rings is 4. The van der Waals surface area contributed by atoms with Crippen molar-refractivity contribution in [3.05, 3.63) is 116 Å². The van der Waals surface area contributed by atoms with Crippen molar-refractivity contribution in [2.75, 3.05) is 166 Å². The van der Waals surface area contributed by atoms with Crippen LogP contribution in [-0.4, -0.2) is 276 Å². The summed E-state index contributed by atoms with van der Waals surface area (Å²) in [6.07, 6.45) is -6.97. The third kappa shape index (κ3) is 21.7. The van der Waals surface area contributed by atoms with Gasteiger partial charge in [0.15, 0.2) is 12.2 Å². The number of para-hydroxylation sites is 2. The minimum absolute atomic E-state index is 0.0529. The Hall–Kier alpha value is -8.56. The number of carbonyl (C=O) groups excluding carboxylic acids is 8. The predicted octanol–water partition coefficient (Wildman–Crippen LogP) is 11.0. The summed E-state index contributed by atoms with van der Waals surface area (Å²) in [7, 11) is 0. The lowest BCUT2D eigenvalue weighted by Gasteiger charge is -2.50. The number of urea groups is 2. The van der Waals surface area contributed by atoms with Crippen molar-refractivity contribution >= 4 is 94.0 Å². The molecule has 2 atom stereocenters. The van der Waals surface area contributed by atoms with Gasteiger partial charge in [-0.2, -0.15) is 26.3 Å². The zero-order valence-corrected chi connectivity index (χ0v) is 66.8. The second kappa shape index (κ2) is 38.0. The third-order valence-electron chi connectivity index (χ3n) is 23.8. The Labute approximate surface area is 671 Å². The quantitative estimate of drug-likeness (QED) is 0.0210. The molecule has 12 rings (SSSR count). The Morgan fingerprint density at radius 2 is 0.877 bits per heavy atom. The van der Waals surface area contributed by atoms with Crippen LogP contribution in [0.3, 0.4) is 0 Å². The molecular weight excluding hydrogens is 1530 g/mol. The number of benzene rings is 4. The molecule has 8 aliphatic rings. The Balaban J connectivity index is 0.000000225. The van der Waals surface area contributed by atoms with Gasteiger partial charge in [-0.25, -0.2) is 19.2 Å². The third-order valence-corrected chi connectivity index (χ3v) is 24.5. The predicted molar refractivity (Wildman–Crippen MR) is 418 cm³/mol. The van der Waals surface area contributed by atoms with Gasteiger partial charge in [-0.05, 0) is 150 Å². The highest BCUT2D eigenvalue weighted by atomic mass is 35.5. The van der Waals surface area contributed by atoms with Crippen LogP contribution in [0, 0.1) is 0 Å². The van der Waals surface area contributed by atoms with Gasteiger partial charge in [0.2, 0.25) is 0 Å². The van der Waals surface area contributed by atoms with Crippen LogP contribution < -0.4 is 22.1 Å². The van der Waals surface area contributed by atoms with Gasteiger partial charge in [0, 0.05) is 165 Å². The molecule has 0 bridgehead atoms. The molecule has 6 fully saturated rings. The average molecular weight is 1640 g/mol. The van der Waals surface area contributed by atoms with Gasteiger partial charge in [-0.15, -0.1) is 0 Å². The van der Waals surface area contributed by atoms with Gasteiger partial charge in [0.1, 0.15) is 0 Å². The van der Waals surface area contributed by atoms with Crippen LogP contribution in [0.2, 0.25) is 10.0 Å². The summed E-state index contributed by atoms with van der Waals surface area (Å²) in [4.78, 5) is 125. The van der Waals surface area contributed by atoms with Crippen molar-refractivity contribution in [3.8, 4) is 0 Å². The lowest BCUT2D eigenvalue weighted by Crippen LogP contribution is -2.60. The molecule has 6 saturated heterocycles. The number of nitrogens with zero attached hydrogens (tertiary/aromatic N) is 10. The van der Waals surface area contributed by atoms with E-state index in [-0.39, 0.29) is 120 Å². The minimum Gasteiger partial charge on any atom is -0.465 e. The van der Waals surface area contributed by atoms with E-state index in [9.17, 15) is 64.7 Å². The minimum atomic E-state index is -4.79. The van der Waals surface area contributed by atoms with E-state index in [4.69, 9.17) is 53.6 Å². The molecule has 4 aromatic rings. The lowest BCUT2D eigenvalue weighted by atomic mass is 9.86. The van der Waals surface area contributed by atoms with Crippen molar-refractivity contribution in [3.63, 3.8) is 0 Å². The first-order valence-electron chi connectivity index (χ1n) is 39.7. The Bertz CT molecular complexity index is 4060. The molecule has 8 amide bonds. The summed E-state index contributed by atoms with van der Waals surface area (Å²) < 4.78 is 106. The van der Waals surface area contributed by atoms with Gasteiger partial charge >= 0.3 is 48.5 Å². The molecule has 8 heterocycles. The topological polar surface area (TPSA) is 282 Å². The first-order chi connectivity index (χ1) is 54.3. The number of fused-ring (bicyclic) bond motifs is 2. The molecule has 26 nitrogen and oxygen atoms in total. The molecule has 6 N–H and O–H groups in total. The number of nitrogen functional groups attached to an aromatic ring is 2. The van der Waals surface area contributed by atoms with Crippen molar-refractivity contribution in [1.29, 1.82) is 0 Å². The second-order valence-corrected chi connectivity index (χ2v) is 32.1. The molecule has 0 radical (unpaired) electrons. The lowest BCUT2D eigenvalue weighted by molar-refractivity contribution is -0.147. The van der Waals surface area contributed by atoms with Crippen molar-refractivity contribution in [1.82, 2.24) is 49.0 Å². The highest BCUT2D eigenvalue weighted by Crippen LogP contribution is 2.41. The van der Waals surface area contributed by atoms with E-state index in [1.165, 1.54) is 21.9 Å². The van der Waals surface area contributed by atoms with Crippen LogP contribution in [0.4, 0.5) is 68.3 Å². The summed E-state index contributed by atoms with van der Waals surface area (Å²) in [5.74, 6) is -1.47. The first kappa shape index (κ1) is 86.3. The number of likely N-dealkylation sites (tertiary alicyclic amines) is 4. The SMILES string of the molecule is CCCCOC(=O)CN1CCN(C2(C)CCN(C(=O)[C@@H](Cc3cc(Cl)c(N)c(C(F)(F)F)c3)OC(=O)N3CCC(N4CCc5ccccc5NC4=O)CC3)CC2)CC1.CCOC(=O)CN1CCN(C2(C)CCN(C(=O)[C@@H](Cc3cc(Cl)c(N)c(C(F)(F)F)c3)OC(=O)N3CCC(N4CCc5ccccc5NC4=O)CC3)CC2)CC1. The molecule has 8 aliphatic heterocycles. The van der Waals surface area contributed by atoms with Crippen LogP contribution in [0.15, 0.2) is 72.8 Å². The smallest absolute Gasteiger partial charge is 0.418 e. The van der Waals surface area contributed by atoms with E-state index in [2.05, 4.69) is 44.1 Å². The number of carbonyl (C=O) groups is 8. The highest BCUT2D eigenvalue weighted by molar-refractivity contribution is 6.33. The second-order valence-electron chi connectivity index (χ2n) is 31.3. The first-order valence-corrected chi connectivity index (χ1v) is 40.4. The number of ether oxygens (including phenoxy) is 4. The van der Waals surface area contributed by atoms with Crippen LogP contribution in [-0.2, 0) is 76.2 Å².